The van der Waals surface area contributed by atoms with E-state index in [0.29, 0.717) is 6.54 Å². The first kappa shape index (κ1) is 11.1. The zero-order valence-corrected chi connectivity index (χ0v) is 9.41. The average Bonchev–Trinajstić information content (AvgIpc) is 2.80. The molecule has 0 bridgehead atoms. The van der Waals surface area contributed by atoms with Crippen LogP contribution in [-0.4, -0.2) is 25.8 Å². The predicted molar refractivity (Wildman–Crippen MR) is 62.8 cm³/mol. The summed E-state index contributed by atoms with van der Waals surface area (Å²) in [6, 6.07) is 8.03. The van der Waals surface area contributed by atoms with Gasteiger partial charge in [0.05, 0.1) is 6.54 Å². The quantitative estimate of drug-likeness (QED) is 0.352. The van der Waals surface area contributed by atoms with E-state index in [2.05, 4.69) is 15.2 Å². The van der Waals surface area contributed by atoms with E-state index < -0.39 is 0 Å². The van der Waals surface area contributed by atoms with E-state index in [9.17, 15) is 0 Å². The van der Waals surface area contributed by atoms with Crippen molar-refractivity contribution in [3.8, 4) is 0 Å². The van der Waals surface area contributed by atoms with Gasteiger partial charge in [-0.3, -0.25) is 0 Å². The molecule has 0 aliphatic carbocycles. The third-order valence-corrected chi connectivity index (χ3v) is 2.47. The molecule has 88 valence electrons. The van der Waals surface area contributed by atoms with Gasteiger partial charge >= 0.3 is 0 Å². The molecule has 0 unspecified atom stereocenters. The number of benzene rings is 1. The molecule has 2 aromatic rings. The molecule has 0 saturated heterocycles. The number of hydrogen-bond acceptors (Lipinski definition) is 4. The zero-order valence-electron chi connectivity index (χ0n) is 9.41. The van der Waals surface area contributed by atoms with Gasteiger partial charge < -0.3 is 10.9 Å². The van der Waals surface area contributed by atoms with Crippen LogP contribution in [0.15, 0.2) is 35.7 Å². The first-order valence-corrected chi connectivity index (χ1v) is 5.12. The van der Waals surface area contributed by atoms with E-state index in [4.69, 9.17) is 10.9 Å². The molecule has 0 aliphatic heterocycles. The summed E-state index contributed by atoms with van der Waals surface area (Å²) in [5.41, 5.74) is 7.74. The minimum atomic E-state index is -0.0893. The third kappa shape index (κ3) is 2.41. The second-order valence-electron chi connectivity index (χ2n) is 3.68. The van der Waals surface area contributed by atoms with Gasteiger partial charge in [-0.05, 0) is 18.1 Å². The Kier molecular flexibility index (Phi) is 3.04. The van der Waals surface area contributed by atoms with Crippen molar-refractivity contribution in [2.24, 2.45) is 10.9 Å². The van der Waals surface area contributed by atoms with E-state index in [-0.39, 0.29) is 11.7 Å². The number of aromatic nitrogens is 3. The van der Waals surface area contributed by atoms with Crippen LogP contribution in [0.1, 0.15) is 17.0 Å². The van der Waals surface area contributed by atoms with Crippen LogP contribution in [0.3, 0.4) is 0 Å². The van der Waals surface area contributed by atoms with Crippen molar-refractivity contribution >= 4 is 5.84 Å². The SMILES string of the molecule is Cc1ccccc1Cn1cnc(C(N)=NO)n1. The monoisotopic (exact) mass is 231 g/mol. The van der Waals surface area contributed by atoms with Crippen molar-refractivity contribution in [2.75, 3.05) is 0 Å². The molecular weight excluding hydrogens is 218 g/mol. The van der Waals surface area contributed by atoms with E-state index in [1.54, 1.807) is 11.0 Å². The number of nitrogens with zero attached hydrogens (tertiary/aromatic N) is 4. The molecule has 0 aliphatic rings. The van der Waals surface area contributed by atoms with Gasteiger partial charge in [-0.2, -0.15) is 0 Å². The summed E-state index contributed by atoms with van der Waals surface area (Å²) in [6.07, 6.45) is 1.56. The number of rotatable bonds is 3. The summed E-state index contributed by atoms with van der Waals surface area (Å²) in [6.45, 7) is 2.65. The molecule has 0 spiro atoms. The molecule has 17 heavy (non-hydrogen) atoms. The Labute approximate surface area is 98.4 Å². The molecule has 1 aromatic carbocycles. The van der Waals surface area contributed by atoms with Crippen molar-refractivity contribution in [1.82, 2.24) is 14.8 Å². The first-order chi connectivity index (χ1) is 8.20. The Morgan fingerprint density at radius 1 is 1.47 bits per heavy atom. The molecular formula is C11H13N5O. The van der Waals surface area contributed by atoms with E-state index in [1.165, 1.54) is 5.56 Å². The normalized spacial score (nSPS) is 11.7. The number of oxime groups is 1. The Morgan fingerprint density at radius 2 is 2.24 bits per heavy atom. The lowest BCUT2D eigenvalue weighted by molar-refractivity contribution is 0.318. The van der Waals surface area contributed by atoms with Crippen LogP contribution in [-0.2, 0) is 6.54 Å². The van der Waals surface area contributed by atoms with Crippen molar-refractivity contribution < 1.29 is 5.21 Å². The van der Waals surface area contributed by atoms with Gasteiger partial charge in [0.25, 0.3) is 0 Å². The Balaban J connectivity index is 2.20. The first-order valence-electron chi connectivity index (χ1n) is 5.12. The Hall–Kier alpha value is -2.37. The van der Waals surface area contributed by atoms with Crippen LogP contribution in [0.25, 0.3) is 0 Å². The maximum Gasteiger partial charge on any atom is 0.219 e. The van der Waals surface area contributed by atoms with E-state index in [1.807, 2.05) is 31.2 Å². The predicted octanol–water partition coefficient (Wildman–Crippen LogP) is 0.729. The number of hydrogen-bond donors (Lipinski definition) is 2. The van der Waals surface area contributed by atoms with Gasteiger partial charge in [0.1, 0.15) is 6.33 Å². The van der Waals surface area contributed by atoms with Gasteiger partial charge in [-0.1, -0.05) is 29.4 Å². The van der Waals surface area contributed by atoms with Gasteiger partial charge in [0.15, 0.2) is 0 Å². The number of nitrogens with two attached hydrogens (primary N) is 1. The van der Waals surface area contributed by atoms with Gasteiger partial charge in [0.2, 0.25) is 11.7 Å². The smallest absolute Gasteiger partial charge is 0.219 e. The molecule has 0 fully saturated rings. The number of aryl methyl sites for hydroxylation is 1. The van der Waals surface area contributed by atoms with Crippen LogP contribution >= 0.6 is 0 Å². The van der Waals surface area contributed by atoms with Crippen LogP contribution in [0.5, 0.6) is 0 Å². The minimum absolute atomic E-state index is 0.0893. The van der Waals surface area contributed by atoms with E-state index in [0.717, 1.165) is 5.56 Å². The van der Waals surface area contributed by atoms with Gasteiger partial charge in [-0.25, -0.2) is 9.67 Å². The summed E-state index contributed by atoms with van der Waals surface area (Å²) in [5.74, 6) is 0.134. The van der Waals surface area contributed by atoms with Gasteiger partial charge in [0, 0.05) is 0 Å². The minimum Gasteiger partial charge on any atom is -0.409 e. The third-order valence-electron chi connectivity index (χ3n) is 2.47. The molecule has 1 aromatic heterocycles. The Morgan fingerprint density at radius 3 is 2.94 bits per heavy atom. The zero-order chi connectivity index (χ0) is 12.3. The van der Waals surface area contributed by atoms with Gasteiger partial charge in [-0.15, -0.1) is 5.10 Å². The molecule has 6 nitrogen and oxygen atoms in total. The van der Waals surface area contributed by atoms with Crippen molar-refractivity contribution in [3.05, 3.63) is 47.5 Å². The summed E-state index contributed by atoms with van der Waals surface area (Å²) in [7, 11) is 0. The maximum atomic E-state index is 8.51. The fourth-order valence-electron chi connectivity index (χ4n) is 1.49. The second kappa shape index (κ2) is 4.65. The molecule has 1 heterocycles. The van der Waals surface area contributed by atoms with Crippen LogP contribution < -0.4 is 5.73 Å². The highest BCUT2D eigenvalue weighted by Crippen LogP contribution is 2.08. The van der Waals surface area contributed by atoms with Crippen molar-refractivity contribution in [1.29, 1.82) is 0 Å². The highest BCUT2D eigenvalue weighted by Gasteiger charge is 2.06. The average molecular weight is 231 g/mol. The molecule has 0 radical (unpaired) electrons. The van der Waals surface area contributed by atoms with Crippen LogP contribution in [0.2, 0.25) is 0 Å². The second-order valence-corrected chi connectivity index (χ2v) is 3.68. The molecule has 2 rings (SSSR count). The lowest BCUT2D eigenvalue weighted by atomic mass is 10.1. The highest BCUT2D eigenvalue weighted by atomic mass is 16.4. The summed E-state index contributed by atoms with van der Waals surface area (Å²) >= 11 is 0. The standard InChI is InChI=1S/C11H13N5O/c1-8-4-2-3-5-9(8)6-16-7-13-11(14-16)10(12)15-17/h2-5,7,17H,6H2,1H3,(H2,12,15). The highest BCUT2D eigenvalue weighted by molar-refractivity contribution is 5.93. The fourth-order valence-corrected chi connectivity index (χ4v) is 1.49. The van der Waals surface area contributed by atoms with Crippen LogP contribution in [0.4, 0.5) is 0 Å². The lowest BCUT2D eigenvalue weighted by Gasteiger charge is -2.04. The fraction of sp³-hybridized carbons (Fsp3) is 0.182. The topological polar surface area (TPSA) is 89.3 Å². The number of amidine groups is 1. The maximum absolute atomic E-state index is 8.51. The van der Waals surface area contributed by atoms with Crippen LogP contribution in [0, 0.1) is 6.92 Å². The summed E-state index contributed by atoms with van der Waals surface area (Å²) < 4.78 is 1.65. The molecule has 0 amide bonds. The summed E-state index contributed by atoms with van der Waals surface area (Å²) in [5, 5.41) is 15.5. The van der Waals surface area contributed by atoms with Crippen molar-refractivity contribution in [2.45, 2.75) is 13.5 Å². The molecule has 0 saturated carbocycles. The molecule has 6 heteroatoms. The molecule has 0 atom stereocenters. The Bertz CT molecular complexity index is 546. The lowest BCUT2D eigenvalue weighted by Crippen LogP contribution is -2.15. The van der Waals surface area contributed by atoms with E-state index >= 15 is 0 Å². The summed E-state index contributed by atoms with van der Waals surface area (Å²) in [4.78, 5) is 3.95. The molecule has 3 N–H and O–H groups in total. The largest absolute Gasteiger partial charge is 0.409 e. The van der Waals surface area contributed by atoms with Crippen molar-refractivity contribution in [3.63, 3.8) is 0 Å².